The molecule has 0 radical (unpaired) electrons. The van der Waals surface area contributed by atoms with Crippen molar-refractivity contribution in [1.82, 2.24) is 14.5 Å². The summed E-state index contributed by atoms with van der Waals surface area (Å²) in [6, 6.07) is 58.7. The van der Waals surface area contributed by atoms with Crippen LogP contribution in [0.3, 0.4) is 0 Å². The second-order valence-corrected chi connectivity index (χ2v) is 13.8. The van der Waals surface area contributed by atoms with E-state index >= 15 is 0 Å². The lowest BCUT2D eigenvalue weighted by Crippen LogP contribution is -2.14. The third-order valence-corrected chi connectivity index (χ3v) is 10.6. The Morgan fingerprint density at radius 1 is 0.460 bits per heavy atom. The number of hydrogen-bond donors (Lipinski definition) is 0. The summed E-state index contributed by atoms with van der Waals surface area (Å²) < 4.78 is 2.36. The summed E-state index contributed by atoms with van der Waals surface area (Å²) in [4.78, 5) is 10.5. The highest BCUT2D eigenvalue weighted by molar-refractivity contribution is 6.09. The fourth-order valence-corrected chi connectivity index (χ4v) is 8.14. The number of benzene rings is 7. The van der Waals surface area contributed by atoms with Crippen LogP contribution < -0.4 is 0 Å². The Morgan fingerprint density at radius 2 is 1.08 bits per heavy atom. The van der Waals surface area contributed by atoms with Crippen molar-refractivity contribution in [2.24, 2.45) is 0 Å². The highest BCUT2D eigenvalue weighted by Gasteiger charge is 2.37. The number of rotatable bonds is 4. The Hall–Kier alpha value is -6.32. The number of hydrogen-bond acceptors (Lipinski definition) is 2. The van der Waals surface area contributed by atoms with Gasteiger partial charge < -0.3 is 4.57 Å². The van der Waals surface area contributed by atoms with Crippen LogP contribution in [0.1, 0.15) is 25.0 Å². The maximum Gasteiger partial charge on any atom is 0.160 e. The van der Waals surface area contributed by atoms with E-state index < -0.39 is 0 Å². The monoisotopic (exact) mass is 639 g/mol. The molecular formula is C47H33N3. The molecule has 1 aliphatic carbocycles. The molecule has 0 aliphatic heterocycles. The predicted molar refractivity (Wildman–Crippen MR) is 208 cm³/mol. The Labute approximate surface area is 291 Å². The molecule has 3 heteroatoms. The van der Waals surface area contributed by atoms with Gasteiger partial charge in [-0.05, 0) is 75.5 Å². The molecule has 2 heterocycles. The average Bonchev–Trinajstić information content (AvgIpc) is 3.62. The van der Waals surface area contributed by atoms with Crippen molar-refractivity contribution < 1.29 is 0 Å². The maximum absolute atomic E-state index is 5.30. The topological polar surface area (TPSA) is 30.7 Å². The molecule has 2 aromatic heterocycles. The highest BCUT2D eigenvalue weighted by Crippen LogP contribution is 2.53. The van der Waals surface area contributed by atoms with Crippen LogP contribution in [0.2, 0.25) is 0 Å². The fourth-order valence-electron chi connectivity index (χ4n) is 8.14. The first-order valence-electron chi connectivity index (χ1n) is 17.3. The zero-order valence-electron chi connectivity index (χ0n) is 27.9. The Morgan fingerprint density at radius 3 is 1.84 bits per heavy atom. The first-order chi connectivity index (χ1) is 24.5. The maximum atomic E-state index is 5.30. The number of para-hydroxylation sites is 2. The molecule has 0 atom stereocenters. The van der Waals surface area contributed by atoms with Crippen molar-refractivity contribution in [2.45, 2.75) is 19.3 Å². The van der Waals surface area contributed by atoms with Crippen LogP contribution >= 0.6 is 0 Å². The molecule has 236 valence electrons. The van der Waals surface area contributed by atoms with Crippen LogP contribution in [0.25, 0.3) is 83.3 Å². The van der Waals surface area contributed by atoms with Crippen LogP contribution in [0, 0.1) is 0 Å². The summed E-state index contributed by atoms with van der Waals surface area (Å²) in [6.07, 6.45) is 0. The van der Waals surface area contributed by atoms with Gasteiger partial charge in [0.25, 0.3) is 0 Å². The molecule has 3 nitrogen and oxygen atoms in total. The minimum Gasteiger partial charge on any atom is -0.309 e. The summed E-state index contributed by atoms with van der Waals surface area (Å²) in [5.41, 5.74) is 13.6. The molecule has 0 saturated heterocycles. The van der Waals surface area contributed by atoms with Crippen LogP contribution in [0.5, 0.6) is 0 Å². The van der Waals surface area contributed by atoms with E-state index in [0.29, 0.717) is 5.82 Å². The van der Waals surface area contributed by atoms with Gasteiger partial charge in [-0.15, -0.1) is 0 Å². The van der Waals surface area contributed by atoms with E-state index in [0.717, 1.165) is 33.8 Å². The summed E-state index contributed by atoms with van der Waals surface area (Å²) in [6.45, 7) is 4.69. The van der Waals surface area contributed by atoms with Gasteiger partial charge in [0.05, 0.1) is 22.4 Å². The van der Waals surface area contributed by atoms with Crippen molar-refractivity contribution in [3.63, 3.8) is 0 Å². The second-order valence-electron chi connectivity index (χ2n) is 13.8. The average molecular weight is 640 g/mol. The van der Waals surface area contributed by atoms with E-state index in [2.05, 4.69) is 176 Å². The van der Waals surface area contributed by atoms with E-state index in [9.17, 15) is 0 Å². The van der Waals surface area contributed by atoms with Gasteiger partial charge >= 0.3 is 0 Å². The molecular weight excluding hydrogens is 607 g/mol. The first kappa shape index (κ1) is 28.7. The molecule has 50 heavy (non-hydrogen) atoms. The largest absolute Gasteiger partial charge is 0.309 e. The standard InChI is InChI=1S/C47H33N3/c1-47(2)39-23-13-22-37(45(39)38-27-31-16-6-7-17-32(31)28-40(38)47)42-29-41(48-46(49-42)30-14-4-3-5-15-30)33-18-12-19-34(26-33)50-43-24-10-8-20-35(43)36-21-9-11-25-44(36)50/h3-29H,1-2H3. The molecule has 0 fully saturated rings. The minimum absolute atomic E-state index is 0.139. The predicted octanol–water partition coefficient (Wildman–Crippen LogP) is 12.0. The molecule has 0 N–H and O–H groups in total. The Balaban J connectivity index is 1.20. The Kier molecular flexibility index (Phi) is 6.22. The van der Waals surface area contributed by atoms with Crippen molar-refractivity contribution in [3.05, 3.63) is 175 Å². The van der Waals surface area contributed by atoms with E-state index in [1.807, 2.05) is 6.07 Å². The van der Waals surface area contributed by atoms with Gasteiger partial charge in [-0.1, -0.05) is 135 Å². The van der Waals surface area contributed by atoms with E-state index in [1.165, 1.54) is 54.8 Å². The Bertz CT molecular complexity index is 2730. The van der Waals surface area contributed by atoms with Gasteiger partial charge in [0.1, 0.15) is 0 Å². The summed E-state index contributed by atoms with van der Waals surface area (Å²) in [5, 5.41) is 5.02. The quantitative estimate of drug-likeness (QED) is 0.192. The lowest BCUT2D eigenvalue weighted by molar-refractivity contribution is 0.661. The zero-order valence-corrected chi connectivity index (χ0v) is 27.9. The van der Waals surface area contributed by atoms with Gasteiger partial charge in [-0.25, -0.2) is 9.97 Å². The van der Waals surface area contributed by atoms with Crippen molar-refractivity contribution >= 4 is 32.6 Å². The van der Waals surface area contributed by atoms with Crippen LogP contribution in [-0.2, 0) is 5.41 Å². The van der Waals surface area contributed by atoms with Crippen LogP contribution in [0.4, 0.5) is 0 Å². The SMILES string of the molecule is CC1(C)c2cc3ccccc3cc2-c2c(-c3cc(-c4cccc(-n5c6ccccc6c6ccccc65)c4)nc(-c4ccccc4)n3)cccc21. The number of nitrogens with zero attached hydrogens (tertiary/aromatic N) is 3. The highest BCUT2D eigenvalue weighted by atomic mass is 15.0. The zero-order chi connectivity index (χ0) is 33.4. The lowest BCUT2D eigenvalue weighted by atomic mass is 9.81. The van der Waals surface area contributed by atoms with E-state index in [1.54, 1.807) is 0 Å². The lowest BCUT2D eigenvalue weighted by Gasteiger charge is -2.22. The molecule has 0 saturated carbocycles. The third kappa shape index (κ3) is 4.30. The van der Waals surface area contributed by atoms with E-state index in [-0.39, 0.29) is 5.41 Å². The van der Waals surface area contributed by atoms with Crippen molar-refractivity contribution in [1.29, 1.82) is 0 Å². The van der Waals surface area contributed by atoms with Crippen LogP contribution in [-0.4, -0.2) is 14.5 Å². The fraction of sp³-hybridized carbons (Fsp3) is 0.0638. The third-order valence-electron chi connectivity index (χ3n) is 10.6. The second kappa shape index (κ2) is 10.8. The normalized spacial score (nSPS) is 13.2. The molecule has 0 unspecified atom stereocenters. The van der Waals surface area contributed by atoms with Crippen molar-refractivity contribution in [2.75, 3.05) is 0 Å². The van der Waals surface area contributed by atoms with Crippen molar-refractivity contribution in [3.8, 4) is 50.7 Å². The number of aromatic nitrogens is 3. The molecule has 0 bridgehead atoms. The van der Waals surface area contributed by atoms with Crippen LogP contribution in [0.15, 0.2) is 164 Å². The van der Waals surface area contributed by atoms with E-state index in [4.69, 9.17) is 9.97 Å². The first-order valence-corrected chi connectivity index (χ1v) is 17.3. The van der Waals surface area contributed by atoms with Gasteiger partial charge in [0.15, 0.2) is 5.82 Å². The number of fused-ring (bicyclic) bond motifs is 7. The summed E-state index contributed by atoms with van der Waals surface area (Å²) in [7, 11) is 0. The van der Waals surface area contributed by atoms with Gasteiger partial charge in [-0.3, -0.25) is 0 Å². The molecule has 1 aliphatic rings. The van der Waals surface area contributed by atoms with Gasteiger partial charge in [0.2, 0.25) is 0 Å². The molecule has 10 rings (SSSR count). The molecule has 0 amide bonds. The molecule has 9 aromatic rings. The van der Waals surface area contributed by atoms with Gasteiger partial charge in [-0.2, -0.15) is 0 Å². The molecule has 0 spiro atoms. The summed E-state index contributed by atoms with van der Waals surface area (Å²) >= 11 is 0. The summed E-state index contributed by atoms with van der Waals surface area (Å²) in [5.74, 6) is 0.717. The smallest absolute Gasteiger partial charge is 0.160 e. The van der Waals surface area contributed by atoms with Gasteiger partial charge in [0, 0.05) is 38.6 Å². The molecule has 7 aromatic carbocycles. The minimum atomic E-state index is -0.139.